The number of halogens is 1. The Balaban J connectivity index is 1.95. The van der Waals surface area contributed by atoms with E-state index in [4.69, 9.17) is 0 Å². The molecule has 116 valence electrons. The van der Waals surface area contributed by atoms with Gasteiger partial charge in [-0.2, -0.15) is 5.26 Å². The van der Waals surface area contributed by atoms with E-state index in [0.717, 1.165) is 22.5 Å². The molecule has 0 amide bonds. The van der Waals surface area contributed by atoms with Crippen LogP contribution in [0.4, 0.5) is 4.39 Å². The predicted molar refractivity (Wildman–Crippen MR) is 88.3 cm³/mol. The number of nitriles is 1. The zero-order chi connectivity index (χ0) is 16.8. The molecule has 24 heavy (non-hydrogen) atoms. The third-order valence-electron chi connectivity index (χ3n) is 4.57. The van der Waals surface area contributed by atoms with E-state index in [1.807, 2.05) is 25.1 Å². The van der Waals surface area contributed by atoms with Crippen LogP contribution in [-0.4, -0.2) is 5.78 Å². The van der Waals surface area contributed by atoms with Crippen molar-refractivity contribution in [3.8, 4) is 6.07 Å². The monoisotopic (exact) mass is 316 g/mol. The molecule has 2 aromatic rings. The van der Waals surface area contributed by atoms with Crippen LogP contribution in [0, 0.1) is 17.1 Å². The fraction of sp³-hybridized carbons (Fsp3) is 0.100. The van der Waals surface area contributed by atoms with Crippen LogP contribution in [0.5, 0.6) is 0 Å². The van der Waals surface area contributed by atoms with Crippen molar-refractivity contribution in [1.82, 2.24) is 5.32 Å². The highest BCUT2D eigenvalue weighted by molar-refractivity contribution is 6.22. The molecule has 0 spiro atoms. The highest BCUT2D eigenvalue weighted by atomic mass is 19.1. The number of Topliss-reactive ketones (excluding diaryl/α,β-unsaturated/α-hetero) is 1. The lowest BCUT2D eigenvalue weighted by Crippen LogP contribution is -2.24. The van der Waals surface area contributed by atoms with Crippen LogP contribution in [0.15, 0.2) is 65.4 Å². The molecule has 1 heterocycles. The van der Waals surface area contributed by atoms with E-state index in [1.54, 1.807) is 18.2 Å². The Bertz CT molecular complexity index is 977. The summed E-state index contributed by atoms with van der Waals surface area (Å²) >= 11 is 0. The van der Waals surface area contributed by atoms with Gasteiger partial charge in [0.15, 0.2) is 5.78 Å². The van der Waals surface area contributed by atoms with E-state index in [-0.39, 0.29) is 11.6 Å². The minimum Gasteiger partial charge on any atom is -0.357 e. The average molecular weight is 316 g/mol. The van der Waals surface area contributed by atoms with Gasteiger partial charge in [0, 0.05) is 22.4 Å². The van der Waals surface area contributed by atoms with Crippen LogP contribution < -0.4 is 5.32 Å². The topological polar surface area (TPSA) is 52.9 Å². The van der Waals surface area contributed by atoms with Crippen LogP contribution in [0.3, 0.4) is 0 Å². The molecule has 1 unspecified atom stereocenters. The Morgan fingerprint density at radius 1 is 1.08 bits per heavy atom. The Hall–Kier alpha value is -3.19. The third-order valence-corrected chi connectivity index (χ3v) is 4.57. The first-order valence-electron chi connectivity index (χ1n) is 7.63. The van der Waals surface area contributed by atoms with Gasteiger partial charge in [-0.3, -0.25) is 4.79 Å². The van der Waals surface area contributed by atoms with Gasteiger partial charge in [-0.25, -0.2) is 4.39 Å². The van der Waals surface area contributed by atoms with E-state index in [9.17, 15) is 14.4 Å². The highest BCUT2D eigenvalue weighted by Gasteiger charge is 2.40. The highest BCUT2D eigenvalue weighted by Crippen LogP contribution is 2.46. The summed E-state index contributed by atoms with van der Waals surface area (Å²) in [5.74, 6) is -0.906. The molecule has 0 fully saturated rings. The normalized spacial score (nSPS) is 18.9. The lowest BCUT2D eigenvalue weighted by Gasteiger charge is -2.27. The van der Waals surface area contributed by atoms with Crippen molar-refractivity contribution in [2.45, 2.75) is 12.8 Å². The minimum absolute atomic E-state index is 0.0809. The summed E-state index contributed by atoms with van der Waals surface area (Å²) < 4.78 is 13.3. The predicted octanol–water partition coefficient (Wildman–Crippen LogP) is 3.92. The van der Waals surface area contributed by atoms with Crippen molar-refractivity contribution >= 4 is 11.5 Å². The molecule has 3 nitrogen and oxygen atoms in total. The third kappa shape index (κ3) is 1.92. The molecule has 0 radical (unpaired) electrons. The van der Waals surface area contributed by atoms with Gasteiger partial charge in [0.1, 0.15) is 5.82 Å². The van der Waals surface area contributed by atoms with Crippen molar-refractivity contribution in [2.24, 2.45) is 0 Å². The summed E-state index contributed by atoms with van der Waals surface area (Å²) in [7, 11) is 0. The number of nitrogens with zero attached hydrogens (tertiary/aromatic N) is 1. The summed E-state index contributed by atoms with van der Waals surface area (Å²) in [5.41, 5.74) is 4.74. The lowest BCUT2D eigenvalue weighted by atomic mass is 9.80. The zero-order valence-corrected chi connectivity index (χ0v) is 12.9. The summed E-state index contributed by atoms with van der Waals surface area (Å²) in [6.45, 7) is 1.82. The Morgan fingerprint density at radius 3 is 2.42 bits per heavy atom. The Kier molecular flexibility index (Phi) is 3.10. The first-order chi connectivity index (χ1) is 11.6. The molecule has 1 aliphatic heterocycles. The number of dihydropyridines is 1. The standard InChI is InChI=1S/C20H13FN2O/c1-11-16(10-22)17(12-6-8-13(21)9-7-12)18-19(23-11)14-4-2-3-5-15(14)20(18)24/h2-9,17,23H,1H3. The van der Waals surface area contributed by atoms with Gasteiger partial charge < -0.3 is 5.32 Å². The Labute approximate surface area is 138 Å². The van der Waals surface area contributed by atoms with E-state index in [2.05, 4.69) is 11.4 Å². The van der Waals surface area contributed by atoms with E-state index < -0.39 is 5.92 Å². The number of carbonyl (C=O) groups excluding carboxylic acids is 1. The second-order valence-corrected chi connectivity index (χ2v) is 5.92. The maximum absolute atomic E-state index is 13.3. The van der Waals surface area contributed by atoms with Gasteiger partial charge in [-0.1, -0.05) is 36.4 Å². The van der Waals surface area contributed by atoms with Crippen molar-refractivity contribution in [2.75, 3.05) is 0 Å². The van der Waals surface area contributed by atoms with Crippen molar-refractivity contribution in [1.29, 1.82) is 5.26 Å². The number of hydrogen-bond acceptors (Lipinski definition) is 3. The van der Waals surface area contributed by atoms with Gasteiger partial charge in [0.25, 0.3) is 0 Å². The molecule has 0 aromatic heterocycles. The van der Waals surface area contributed by atoms with Gasteiger partial charge in [0.2, 0.25) is 0 Å². The molecule has 2 aliphatic rings. The lowest BCUT2D eigenvalue weighted by molar-refractivity contribution is 0.103. The first-order valence-corrected chi connectivity index (χ1v) is 7.63. The number of hydrogen-bond donors (Lipinski definition) is 1. The molecule has 1 N–H and O–H groups in total. The second-order valence-electron chi connectivity index (χ2n) is 5.92. The van der Waals surface area contributed by atoms with Crippen LogP contribution in [0.25, 0.3) is 5.70 Å². The first kappa shape index (κ1) is 14.4. The number of fused-ring (bicyclic) bond motifs is 2. The molecular weight excluding hydrogens is 303 g/mol. The maximum atomic E-state index is 13.3. The number of allylic oxidation sites excluding steroid dienone is 3. The smallest absolute Gasteiger partial charge is 0.192 e. The fourth-order valence-electron chi connectivity index (χ4n) is 3.47. The molecular formula is C20H13FN2O. The second kappa shape index (κ2) is 5.17. The van der Waals surface area contributed by atoms with Crippen LogP contribution >= 0.6 is 0 Å². The van der Waals surface area contributed by atoms with Gasteiger partial charge in [-0.15, -0.1) is 0 Å². The quantitative estimate of drug-likeness (QED) is 0.867. The Morgan fingerprint density at radius 2 is 1.75 bits per heavy atom. The van der Waals surface area contributed by atoms with Gasteiger partial charge >= 0.3 is 0 Å². The van der Waals surface area contributed by atoms with E-state index in [0.29, 0.717) is 16.7 Å². The zero-order valence-electron chi connectivity index (χ0n) is 12.9. The summed E-state index contributed by atoms with van der Waals surface area (Å²) in [6, 6.07) is 15.6. The van der Waals surface area contributed by atoms with Crippen molar-refractivity contribution in [3.63, 3.8) is 0 Å². The van der Waals surface area contributed by atoms with E-state index in [1.165, 1.54) is 12.1 Å². The largest absolute Gasteiger partial charge is 0.357 e. The maximum Gasteiger partial charge on any atom is 0.192 e. The molecule has 0 saturated carbocycles. The summed E-state index contributed by atoms with van der Waals surface area (Å²) in [5, 5.41) is 12.8. The molecule has 1 atom stereocenters. The molecule has 4 rings (SSSR count). The number of rotatable bonds is 1. The average Bonchev–Trinajstić information content (AvgIpc) is 2.87. The summed E-state index contributed by atoms with van der Waals surface area (Å²) in [4.78, 5) is 12.9. The number of benzene rings is 2. The van der Waals surface area contributed by atoms with E-state index >= 15 is 0 Å². The fourth-order valence-corrected chi connectivity index (χ4v) is 3.47. The number of ketones is 1. The van der Waals surface area contributed by atoms with Crippen molar-refractivity contribution in [3.05, 3.63) is 87.9 Å². The van der Waals surface area contributed by atoms with Gasteiger partial charge in [-0.05, 0) is 24.6 Å². The molecule has 0 saturated heterocycles. The van der Waals surface area contributed by atoms with Crippen molar-refractivity contribution < 1.29 is 9.18 Å². The SMILES string of the molecule is CC1=C(C#N)C(c2ccc(F)cc2)C2=C(N1)c1ccccc1C2=O. The molecule has 2 aromatic carbocycles. The molecule has 4 heteroatoms. The van der Waals surface area contributed by atoms with Crippen LogP contribution in [-0.2, 0) is 0 Å². The summed E-state index contributed by atoms with van der Waals surface area (Å²) in [6.07, 6.45) is 0. The molecule has 0 bridgehead atoms. The molecule has 1 aliphatic carbocycles. The minimum atomic E-state index is -0.480. The van der Waals surface area contributed by atoms with Gasteiger partial charge in [0.05, 0.1) is 23.3 Å². The number of nitrogens with one attached hydrogen (secondary N) is 1. The van der Waals surface area contributed by atoms with Crippen LogP contribution in [0.2, 0.25) is 0 Å². The number of carbonyl (C=O) groups is 1. The van der Waals surface area contributed by atoms with Crippen LogP contribution in [0.1, 0.15) is 34.3 Å².